The Morgan fingerprint density at radius 3 is 1.72 bits per heavy atom. The molecule has 0 radical (unpaired) electrons. The molecule has 4 aromatic rings. The predicted octanol–water partition coefficient (Wildman–Crippen LogP) is 2.90. The Morgan fingerprint density at radius 1 is 0.759 bits per heavy atom. The summed E-state index contributed by atoms with van der Waals surface area (Å²) in [5, 5.41) is 30.6. The van der Waals surface area contributed by atoms with Crippen molar-refractivity contribution in [3.05, 3.63) is 66.7 Å². The summed E-state index contributed by atoms with van der Waals surface area (Å²) >= 11 is 0. The molecule has 0 spiro atoms. The Balaban J connectivity index is 0.000000248. The van der Waals surface area contributed by atoms with Crippen molar-refractivity contribution in [2.24, 2.45) is 0 Å². The van der Waals surface area contributed by atoms with Crippen LogP contribution < -0.4 is 0 Å². The fourth-order valence-corrected chi connectivity index (χ4v) is 2.00. The molecule has 2 aromatic carbocycles. The van der Waals surface area contributed by atoms with Gasteiger partial charge in [-0.3, -0.25) is 4.79 Å². The molecule has 2 heterocycles. The molecule has 0 atom stereocenters. The summed E-state index contributed by atoms with van der Waals surface area (Å²) in [5.41, 5.74) is 1.82. The second-order valence-electron chi connectivity index (χ2n) is 4.67. The van der Waals surface area contributed by atoms with Gasteiger partial charge < -0.3 is 5.11 Å². The molecule has 0 aliphatic carbocycles. The Morgan fingerprint density at radius 2 is 1.24 bits per heavy atom. The number of benzene rings is 2. The van der Waals surface area contributed by atoms with Crippen LogP contribution in [0.4, 0.5) is 0 Å². The third kappa shape index (κ3) is 6.61. The van der Waals surface area contributed by atoms with E-state index in [1.165, 1.54) is 22.0 Å². The van der Waals surface area contributed by atoms with Gasteiger partial charge in [-0.05, 0) is 45.1 Å². The minimum Gasteiger partial charge on any atom is -0.506 e. The lowest BCUT2D eigenvalue weighted by Crippen LogP contribution is -1.99. The highest BCUT2D eigenvalue weighted by Crippen LogP contribution is 2.18. The fraction of sp³-hybridized carbons (Fsp3) is 0.211. The number of carbonyl (C=O) groups excluding carboxylic acids is 1. The number of phenolic OH excluding ortho intramolecular Hbond substituents is 1. The van der Waals surface area contributed by atoms with Crippen LogP contribution in [0.3, 0.4) is 0 Å². The zero-order chi connectivity index (χ0) is 21.5. The van der Waals surface area contributed by atoms with Gasteiger partial charge in [0.15, 0.2) is 6.29 Å². The molecule has 0 aliphatic rings. The molecule has 0 saturated carbocycles. The first kappa shape index (κ1) is 23.1. The minimum absolute atomic E-state index is 0.157. The van der Waals surface area contributed by atoms with Crippen molar-refractivity contribution < 1.29 is 9.90 Å². The third-order valence-corrected chi connectivity index (χ3v) is 3.14. The van der Waals surface area contributed by atoms with E-state index in [0.717, 1.165) is 6.29 Å². The summed E-state index contributed by atoms with van der Waals surface area (Å²) < 4.78 is 2.85. The quantitative estimate of drug-likeness (QED) is 0.524. The molecule has 4 rings (SSSR count). The van der Waals surface area contributed by atoms with Gasteiger partial charge in [-0.1, -0.05) is 52.0 Å². The number of tetrazole rings is 2. The van der Waals surface area contributed by atoms with Gasteiger partial charge in [0.2, 0.25) is 0 Å². The normalized spacial score (nSPS) is 8.97. The maximum absolute atomic E-state index is 10.6. The molecule has 0 aliphatic heterocycles. The van der Waals surface area contributed by atoms with Crippen molar-refractivity contribution >= 4 is 6.29 Å². The molecule has 0 unspecified atom stereocenters. The van der Waals surface area contributed by atoms with Gasteiger partial charge >= 0.3 is 0 Å². The van der Waals surface area contributed by atoms with Crippen LogP contribution in [-0.4, -0.2) is 51.8 Å². The van der Waals surface area contributed by atoms with Gasteiger partial charge in [0.05, 0.1) is 5.69 Å². The lowest BCUT2D eigenvalue weighted by atomic mass is 10.2. The Kier molecular flexibility index (Phi) is 10.6. The topological polar surface area (TPSA) is 125 Å². The number of aromatic hydroxyl groups is 1. The van der Waals surface area contributed by atoms with E-state index in [4.69, 9.17) is 0 Å². The van der Waals surface area contributed by atoms with Crippen LogP contribution >= 0.6 is 0 Å². The van der Waals surface area contributed by atoms with Crippen molar-refractivity contribution in [2.75, 3.05) is 0 Å². The highest BCUT2D eigenvalue weighted by molar-refractivity contribution is 5.80. The van der Waals surface area contributed by atoms with E-state index < -0.39 is 0 Å². The van der Waals surface area contributed by atoms with Crippen LogP contribution in [0, 0.1) is 0 Å². The van der Waals surface area contributed by atoms with Crippen molar-refractivity contribution in [2.45, 2.75) is 27.7 Å². The van der Waals surface area contributed by atoms with E-state index in [1.54, 1.807) is 42.5 Å². The average molecular weight is 396 g/mol. The first-order valence-electron chi connectivity index (χ1n) is 9.08. The molecule has 10 nitrogen and oxygen atoms in total. The van der Waals surface area contributed by atoms with Gasteiger partial charge in [0.1, 0.15) is 24.1 Å². The second kappa shape index (κ2) is 13.3. The predicted molar refractivity (Wildman–Crippen MR) is 108 cm³/mol. The SMILES string of the molecule is CC.CC.O=Cc1ccccc1-n1cnnn1.Oc1ccccc1-n1cnnn1. The minimum atomic E-state index is 0.157. The largest absolute Gasteiger partial charge is 0.506 e. The number of hydrogen-bond acceptors (Lipinski definition) is 8. The molecule has 0 saturated heterocycles. The number of carbonyl (C=O) groups is 1. The molecule has 0 fully saturated rings. The van der Waals surface area contributed by atoms with Crippen molar-refractivity contribution in [1.82, 2.24) is 40.4 Å². The van der Waals surface area contributed by atoms with Crippen molar-refractivity contribution in [3.8, 4) is 17.1 Å². The maximum Gasteiger partial charge on any atom is 0.152 e. The zero-order valence-electron chi connectivity index (χ0n) is 16.8. The smallest absolute Gasteiger partial charge is 0.152 e. The van der Waals surface area contributed by atoms with Gasteiger partial charge in [-0.2, -0.15) is 9.36 Å². The van der Waals surface area contributed by atoms with Crippen molar-refractivity contribution in [1.29, 1.82) is 0 Å². The number of rotatable bonds is 3. The van der Waals surface area contributed by atoms with Crippen LogP contribution in [-0.2, 0) is 0 Å². The molecule has 29 heavy (non-hydrogen) atoms. The Labute approximate surface area is 168 Å². The third-order valence-electron chi connectivity index (χ3n) is 3.14. The Hall–Kier alpha value is -3.95. The first-order chi connectivity index (χ1) is 14.3. The van der Waals surface area contributed by atoms with E-state index in [1.807, 2.05) is 33.8 Å². The monoisotopic (exact) mass is 396 g/mol. The van der Waals surface area contributed by atoms with Crippen LogP contribution in [0.1, 0.15) is 38.1 Å². The van der Waals surface area contributed by atoms with E-state index in [-0.39, 0.29) is 5.75 Å². The van der Waals surface area contributed by atoms with Crippen LogP contribution in [0.15, 0.2) is 61.2 Å². The maximum atomic E-state index is 10.6. The zero-order valence-corrected chi connectivity index (χ0v) is 16.8. The summed E-state index contributed by atoms with van der Waals surface area (Å²) in [7, 11) is 0. The fourth-order valence-electron chi connectivity index (χ4n) is 2.00. The molecule has 2 aromatic heterocycles. The first-order valence-corrected chi connectivity index (χ1v) is 9.08. The number of hydrogen-bond donors (Lipinski definition) is 1. The molecule has 1 N–H and O–H groups in total. The average Bonchev–Trinajstić information content (AvgIpc) is 3.52. The molecule has 0 amide bonds. The van der Waals surface area contributed by atoms with Gasteiger partial charge in [-0.25, -0.2) is 0 Å². The summed E-state index contributed by atoms with van der Waals surface area (Å²) in [4.78, 5) is 10.6. The van der Waals surface area contributed by atoms with Crippen LogP contribution in [0.25, 0.3) is 11.4 Å². The summed E-state index contributed by atoms with van der Waals surface area (Å²) in [6.07, 6.45) is 3.65. The van der Waals surface area contributed by atoms with Gasteiger partial charge in [0.25, 0.3) is 0 Å². The van der Waals surface area contributed by atoms with E-state index >= 15 is 0 Å². The summed E-state index contributed by atoms with van der Waals surface area (Å²) in [6, 6.07) is 14.0. The Bertz CT molecular complexity index is 941. The molecule has 0 bridgehead atoms. The van der Waals surface area contributed by atoms with Crippen LogP contribution in [0.2, 0.25) is 0 Å². The van der Waals surface area contributed by atoms with E-state index in [9.17, 15) is 9.90 Å². The molecule has 10 heteroatoms. The summed E-state index contributed by atoms with van der Waals surface area (Å²) in [5.74, 6) is 0.157. The highest BCUT2D eigenvalue weighted by Gasteiger charge is 2.03. The van der Waals surface area contributed by atoms with Gasteiger partial charge in [-0.15, -0.1) is 10.2 Å². The molecule has 152 valence electrons. The van der Waals surface area contributed by atoms with Crippen molar-refractivity contribution in [3.63, 3.8) is 0 Å². The second-order valence-corrected chi connectivity index (χ2v) is 4.67. The summed E-state index contributed by atoms with van der Waals surface area (Å²) in [6.45, 7) is 8.00. The van der Waals surface area contributed by atoms with Gasteiger partial charge in [0, 0.05) is 5.56 Å². The number of phenols is 1. The lowest BCUT2D eigenvalue weighted by molar-refractivity contribution is 0.112. The number of para-hydroxylation sites is 3. The number of aldehydes is 1. The molecular weight excluding hydrogens is 372 g/mol. The van der Waals surface area contributed by atoms with E-state index in [0.29, 0.717) is 16.9 Å². The standard InChI is InChI=1S/C8H6N4O.C7H6N4O.2C2H6/c13-5-7-3-1-2-4-8(7)12-6-9-10-11-12;12-7-4-2-1-3-6(7)11-5-8-9-10-11;2*1-2/h1-6H;1-5,12H;2*1-2H3. The van der Waals surface area contributed by atoms with E-state index in [2.05, 4.69) is 31.1 Å². The lowest BCUT2D eigenvalue weighted by Gasteiger charge is -2.00. The van der Waals surface area contributed by atoms with Crippen LogP contribution in [0.5, 0.6) is 5.75 Å². The number of nitrogens with zero attached hydrogens (tertiary/aromatic N) is 8. The number of aromatic nitrogens is 8. The molecular formula is C19H24N8O2. The highest BCUT2D eigenvalue weighted by atomic mass is 16.3.